The molecule has 0 unspecified atom stereocenters. The maximum atomic E-state index is 11.9. The summed E-state index contributed by atoms with van der Waals surface area (Å²) < 4.78 is 5.32. The van der Waals surface area contributed by atoms with E-state index in [-0.39, 0.29) is 12.0 Å². The highest BCUT2D eigenvalue weighted by atomic mass is 16.6. The van der Waals surface area contributed by atoms with Gasteiger partial charge in [-0.1, -0.05) is 0 Å². The Balaban J connectivity index is 2.50. The second-order valence-electron chi connectivity index (χ2n) is 6.12. The van der Waals surface area contributed by atoms with Gasteiger partial charge in [-0.05, 0) is 46.0 Å². The maximum absolute atomic E-state index is 11.9. The van der Waals surface area contributed by atoms with Gasteiger partial charge in [0.1, 0.15) is 11.6 Å². The standard InChI is InChI=1S/C13H24N2O4/c1-13(2,3)19-12(18)15-6-4-5-9(8-15)7-10(14)11(16)17/h9-10H,4-8,14H2,1-3H3,(H,16,17)/t9-,10-/m0/s1. The number of carboxylic acids is 1. The van der Waals surface area contributed by atoms with Crippen molar-refractivity contribution >= 4 is 12.1 Å². The lowest BCUT2D eigenvalue weighted by atomic mass is 9.92. The third-order valence-electron chi connectivity index (χ3n) is 3.08. The van der Waals surface area contributed by atoms with Crippen LogP contribution in [0.1, 0.15) is 40.0 Å². The molecule has 6 nitrogen and oxygen atoms in total. The average molecular weight is 272 g/mol. The van der Waals surface area contributed by atoms with Gasteiger partial charge in [-0.25, -0.2) is 4.79 Å². The fraction of sp³-hybridized carbons (Fsp3) is 0.846. The minimum atomic E-state index is -0.991. The average Bonchev–Trinajstić information content (AvgIpc) is 2.27. The normalized spacial score (nSPS) is 21.9. The number of carboxylic acid groups (broad SMARTS) is 1. The zero-order valence-electron chi connectivity index (χ0n) is 11.9. The first kappa shape index (κ1) is 15.8. The van der Waals surface area contributed by atoms with Crippen LogP contribution in [0.4, 0.5) is 4.79 Å². The molecule has 19 heavy (non-hydrogen) atoms. The lowest BCUT2D eigenvalue weighted by Gasteiger charge is -2.34. The van der Waals surface area contributed by atoms with Crippen molar-refractivity contribution in [3.63, 3.8) is 0 Å². The van der Waals surface area contributed by atoms with Crippen LogP contribution in [-0.4, -0.2) is 46.8 Å². The molecule has 0 aromatic carbocycles. The number of amides is 1. The second-order valence-corrected chi connectivity index (χ2v) is 6.12. The first-order valence-corrected chi connectivity index (χ1v) is 6.65. The predicted molar refractivity (Wildman–Crippen MR) is 70.8 cm³/mol. The molecule has 6 heteroatoms. The topological polar surface area (TPSA) is 92.9 Å². The molecule has 1 heterocycles. The van der Waals surface area contributed by atoms with Crippen LogP contribution in [0.5, 0.6) is 0 Å². The molecular weight excluding hydrogens is 248 g/mol. The van der Waals surface area contributed by atoms with Crippen molar-refractivity contribution in [2.75, 3.05) is 13.1 Å². The summed E-state index contributed by atoms with van der Waals surface area (Å²) in [5, 5.41) is 8.81. The molecule has 0 spiro atoms. The van der Waals surface area contributed by atoms with Crippen LogP contribution in [0.25, 0.3) is 0 Å². The number of carbonyl (C=O) groups excluding carboxylic acids is 1. The smallest absolute Gasteiger partial charge is 0.410 e. The van der Waals surface area contributed by atoms with E-state index in [1.54, 1.807) is 4.90 Å². The van der Waals surface area contributed by atoms with Crippen molar-refractivity contribution < 1.29 is 19.4 Å². The second kappa shape index (κ2) is 6.23. The number of hydrogen-bond acceptors (Lipinski definition) is 4. The number of hydrogen-bond donors (Lipinski definition) is 2. The van der Waals surface area contributed by atoms with E-state index in [0.717, 1.165) is 12.8 Å². The minimum Gasteiger partial charge on any atom is -0.480 e. The van der Waals surface area contributed by atoms with Crippen molar-refractivity contribution in [2.45, 2.75) is 51.7 Å². The SMILES string of the molecule is CC(C)(C)OC(=O)N1CCC[C@@H](C[C@H](N)C(=O)O)C1. The quantitative estimate of drug-likeness (QED) is 0.810. The summed E-state index contributed by atoms with van der Waals surface area (Å²) in [6, 6.07) is -0.858. The molecule has 1 rings (SSSR count). The molecule has 1 aliphatic rings. The summed E-state index contributed by atoms with van der Waals surface area (Å²) in [4.78, 5) is 24.3. The Morgan fingerprint density at radius 2 is 2.11 bits per heavy atom. The van der Waals surface area contributed by atoms with Crippen LogP contribution in [0.3, 0.4) is 0 Å². The molecular formula is C13H24N2O4. The van der Waals surface area contributed by atoms with E-state index < -0.39 is 17.6 Å². The Bertz CT molecular complexity index is 338. The van der Waals surface area contributed by atoms with E-state index in [0.29, 0.717) is 19.5 Å². The van der Waals surface area contributed by atoms with Gasteiger partial charge in [0, 0.05) is 13.1 Å². The van der Waals surface area contributed by atoms with Gasteiger partial charge >= 0.3 is 12.1 Å². The summed E-state index contributed by atoms with van der Waals surface area (Å²) in [5.74, 6) is -0.859. The van der Waals surface area contributed by atoms with E-state index in [2.05, 4.69) is 0 Å². The van der Waals surface area contributed by atoms with Gasteiger partial charge < -0.3 is 20.5 Å². The summed E-state index contributed by atoms with van der Waals surface area (Å²) in [5.41, 5.74) is 5.02. The Labute approximate surface area is 113 Å². The van der Waals surface area contributed by atoms with Gasteiger partial charge in [-0.15, -0.1) is 0 Å². The molecule has 3 N–H and O–H groups in total. The number of nitrogens with zero attached hydrogens (tertiary/aromatic N) is 1. The molecule has 0 saturated carbocycles. The highest BCUT2D eigenvalue weighted by Crippen LogP contribution is 2.22. The number of carbonyl (C=O) groups is 2. The lowest BCUT2D eigenvalue weighted by Crippen LogP contribution is -2.44. The summed E-state index contributed by atoms with van der Waals surface area (Å²) >= 11 is 0. The van der Waals surface area contributed by atoms with Crippen molar-refractivity contribution in [1.82, 2.24) is 4.90 Å². The molecule has 1 saturated heterocycles. The first-order chi connectivity index (χ1) is 8.69. The zero-order valence-corrected chi connectivity index (χ0v) is 11.9. The van der Waals surface area contributed by atoms with E-state index in [1.165, 1.54) is 0 Å². The van der Waals surface area contributed by atoms with E-state index in [4.69, 9.17) is 15.6 Å². The Morgan fingerprint density at radius 3 is 2.63 bits per heavy atom. The monoisotopic (exact) mass is 272 g/mol. The molecule has 0 aromatic rings. The largest absolute Gasteiger partial charge is 0.480 e. The van der Waals surface area contributed by atoms with Crippen LogP contribution in [0.15, 0.2) is 0 Å². The molecule has 1 aliphatic heterocycles. The molecule has 110 valence electrons. The number of ether oxygens (including phenoxy) is 1. The van der Waals surface area contributed by atoms with Crippen molar-refractivity contribution in [3.05, 3.63) is 0 Å². The van der Waals surface area contributed by atoms with Gasteiger partial charge in [0.2, 0.25) is 0 Å². The van der Waals surface area contributed by atoms with Gasteiger partial charge in [0.25, 0.3) is 0 Å². The number of likely N-dealkylation sites (tertiary alicyclic amines) is 1. The fourth-order valence-corrected chi connectivity index (χ4v) is 2.21. The minimum absolute atomic E-state index is 0.132. The maximum Gasteiger partial charge on any atom is 0.410 e. The van der Waals surface area contributed by atoms with Crippen LogP contribution in [0.2, 0.25) is 0 Å². The Kier molecular flexibility index (Phi) is 5.17. The van der Waals surface area contributed by atoms with Crippen molar-refractivity contribution in [3.8, 4) is 0 Å². The first-order valence-electron chi connectivity index (χ1n) is 6.65. The number of nitrogens with two attached hydrogens (primary N) is 1. The van der Waals surface area contributed by atoms with Crippen LogP contribution in [-0.2, 0) is 9.53 Å². The number of rotatable bonds is 3. The highest BCUT2D eigenvalue weighted by Gasteiger charge is 2.29. The predicted octanol–water partition coefficient (Wildman–Crippen LogP) is 1.44. The molecule has 2 atom stereocenters. The molecule has 0 radical (unpaired) electrons. The van der Waals surface area contributed by atoms with Crippen LogP contribution >= 0.6 is 0 Å². The third kappa shape index (κ3) is 5.46. The molecule has 0 aromatic heterocycles. The van der Waals surface area contributed by atoms with E-state index in [9.17, 15) is 9.59 Å². The van der Waals surface area contributed by atoms with Crippen molar-refractivity contribution in [2.24, 2.45) is 11.7 Å². The Hall–Kier alpha value is -1.30. The fourth-order valence-electron chi connectivity index (χ4n) is 2.21. The summed E-state index contributed by atoms with van der Waals surface area (Å²) in [6.07, 6.45) is 1.83. The molecule has 1 fully saturated rings. The summed E-state index contributed by atoms with van der Waals surface area (Å²) in [6.45, 7) is 6.66. The van der Waals surface area contributed by atoms with E-state index >= 15 is 0 Å². The van der Waals surface area contributed by atoms with Crippen molar-refractivity contribution in [1.29, 1.82) is 0 Å². The number of aliphatic carboxylic acids is 1. The zero-order chi connectivity index (χ0) is 14.6. The molecule has 0 bridgehead atoms. The number of piperidine rings is 1. The van der Waals surface area contributed by atoms with Gasteiger partial charge in [0.05, 0.1) is 0 Å². The van der Waals surface area contributed by atoms with Crippen LogP contribution in [0, 0.1) is 5.92 Å². The van der Waals surface area contributed by atoms with E-state index in [1.807, 2.05) is 20.8 Å². The third-order valence-corrected chi connectivity index (χ3v) is 3.08. The van der Waals surface area contributed by atoms with Crippen LogP contribution < -0.4 is 5.73 Å². The summed E-state index contributed by atoms with van der Waals surface area (Å²) in [7, 11) is 0. The molecule has 0 aliphatic carbocycles. The van der Waals surface area contributed by atoms with Gasteiger partial charge in [-0.3, -0.25) is 4.79 Å². The highest BCUT2D eigenvalue weighted by molar-refractivity contribution is 5.73. The lowest BCUT2D eigenvalue weighted by molar-refractivity contribution is -0.139. The van der Waals surface area contributed by atoms with Gasteiger partial charge in [-0.2, -0.15) is 0 Å². The van der Waals surface area contributed by atoms with Gasteiger partial charge in [0.15, 0.2) is 0 Å². The Morgan fingerprint density at radius 1 is 1.47 bits per heavy atom. The molecule has 1 amide bonds.